The van der Waals surface area contributed by atoms with Crippen molar-refractivity contribution in [1.29, 1.82) is 0 Å². The molecule has 13 atom stereocenters. The van der Waals surface area contributed by atoms with E-state index >= 15 is 0 Å². The maximum Gasteiger partial charge on any atom is 0.331 e. The smallest absolute Gasteiger partial charge is 0.331 e. The first-order chi connectivity index (χ1) is 19.9. The Morgan fingerprint density at radius 2 is 1.83 bits per heavy atom. The Hall–Kier alpha value is -1.36. The van der Waals surface area contributed by atoms with E-state index in [1.807, 2.05) is 20.8 Å². The van der Waals surface area contributed by atoms with Crippen LogP contribution in [0.3, 0.4) is 0 Å². The maximum atomic E-state index is 13.1. The van der Waals surface area contributed by atoms with Gasteiger partial charge in [0.15, 0.2) is 12.1 Å². The van der Waals surface area contributed by atoms with E-state index in [-0.39, 0.29) is 53.6 Å². The van der Waals surface area contributed by atoms with E-state index in [4.69, 9.17) is 23.7 Å². The number of carbonyl (C=O) groups is 2. The fraction of sp³-hybridized carbons (Fsp3) is 0.879. The van der Waals surface area contributed by atoms with Crippen molar-refractivity contribution in [3.05, 3.63) is 11.6 Å². The van der Waals surface area contributed by atoms with Crippen LogP contribution in [0.15, 0.2) is 11.6 Å². The average Bonchev–Trinajstić information content (AvgIpc) is 3.61. The summed E-state index contributed by atoms with van der Waals surface area (Å²) in [6.45, 7) is 8.49. The number of aldehydes is 1. The Bertz CT molecular complexity index is 1160. The molecular weight excluding hydrogens is 540 g/mol. The third kappa shape index (κ3) is 4.02. The predicted molar refractivity (Wildman–Crippen MR) is 150 cm³/mol. The summed E-state index contributed by atoms with van der Waals surface area (Å²) in [5.74, 6) is -0.980. The van der Waals surface area contributed by atoms with E-state index < -0.39 is 28.7 Å². The summed E-state index contributed by atoms with van der Waals surface area (Å²) in [6.07, 6.45) is 8.56. The van der Waals surface area contributed by atoms with Gasteiger partial charge in [0.25, 0.3) is 0 Å². The molecule has 5 unspecified atom stereocenters. The fourth-order valence-electron chi connectivity index (χ4n) is 10.8. The van der Waals surface area contributed by atoms with E-state index in [0.717, 1.165) is 37.5 Å². The molecule has 0 aromatic rings. The Morgan fingerprint density at radius 1 is 1.05 bits per heavy atom. The summed E-state index contributed by atoms with van der Waals surface area (Å²) in [6, 6.07) is 0. The number of hydrogen-bond donors (Lipinski definition) is 2. The molecule has 4 saturated carbocycles. The molecule has 0 bridgehead atoms. The van der Waals surface area contributed by atoms with Crippen molar-refractivity contribution in [2.24, 2.45) is 28.6 Å². The van der Waals surface area contributed by atoms with E-state index in [9.17, 15) is 19.8 Å². The number of aliphatic hydroxyl groups is 2. The topological polar surface area (TPSA) is 121 Å². The van der Waals surface area contributed by atoms with Crippen molar-refractivity contribution < 1.29 is 43.5 Å². The zero-order valence-corrected chi connectivity index (χ0v) is 25.5. The van der Waals surface area contributed by atoms with Crippen LogP contribution < -0.4 is 0 Å². The molecule has 0 aromatic carbocycles. The minimum atomic E-state index is -1.19. The van der Waals surface area contributed by atoms with E-state index in [0.29, 0.717) is 51.6 Å². The van der Waals surface area contributed by atoms with Crippen LogP contribution in [-0.2, 0) is 33.3 Å². The van der Waals surface area contributed by atoms with Gasteiger partial charge in [0.2, 0.25) is 0 Å². The van der Waals surface area contributed by atoms with Crippen LogP contribution >= 0.6 is 0 Å². The summed E-state index contributed by atoms with van der Waals surface area (Å²) in [7, 11) is 0. The lowest BCUT2D eigenvalue weighted by Gasteiger charge is -2.65. The number of cyclic esters (lactones) is 1. The minimum absolute atomic E-state index is 0.0744. The molecule has 7 rings (SSSR count). The molecular formula is C33H48O9. The third-order valence-electron chi connectivity index (χ3n) is 13.2. The monoisotopic (exact) mass is 588 g/mol. The predicted octanol–water partition coefficient (Wildman–Crippen LogP) is 3.97. The molecule has 3 heterocycles. The molecule has 0 radical (unpaired) electrons. The molecule has 2 N–H and O–H groups in total. The van der Waals surface area contributed by atoms with Crippen molar-refractivity contribution in [1.82, 2.24) is 0 Å². The Balaban J connectivity index is 1.07. The van der Waals surface area contributed by atoms with Crippen molar-refractivity contribution in [2.75, 3.05) is 6.61 Å². The summed E-state index contributed by atoms with van der Waals surface area (Å²) in [5.41, 5.74) is -2.44. The van der Waals surface area contributed by atoms with Gasteiger partial charge in [-0.3, -0.25) is 0 Å². The number of carbonyl (C=O) groups excluding carboxylic acids is 2. The number of esters is 1. The number of hydrogen-bond acceptors (Lipinski definition) is 9. The van der Waals surface area contributed by atoms with Gasteiger partial charge in [-0.15, -0.1) is 0 Å². The van der Waals surface area contributed by atoms with Gasteiger partial charge in [-0.2, -0.15) is 0 Å². The first kappa shape index (κ1) is 29.4. The Morgan fingerprint density at radius 3 is 2.55 bits per heavy atom. The van der Waals surface area contributed by atoms with Gasteiger partial charge in [0.05, 0.1) is 34.9 Å². The van der Waals surface area contributed by atoms with Crippen molar-refractivity contribution >= 4 is 12.3 Å². The second-order valence-corrected chi connectivity index (χ2v) is 15.0. The molecule has 42 heavy (non-hydrogen) atoms. The highest BCUT2D eigenvalue weighted by atomic mass is 16.8. The first-order valence-corrected chi connectivity index (χ1v) is 16.3. The highest BCUT2D eigenvalue weighted by molar-refractivity contribution is 5.85. The molecule has 0 aromatic heterocycles. The van der Waals surface area contributed by atoms with Gasteiger partial charge >= 0.3 is 5.97 Å². The van der Waals surface area contributed by atoms with Crippen LogP contribution in [0.25, 0.3) is 0 Å². The zero-order chi connectivity index (χ0) is 29.7. The number of fused-ring (bicyclic) bond motifs is 6. The highest BCUT2D eigenvalue weighted by Gasteiger charge is 2.71. The largest absolute Gasteiger partial charge is 0.458 e. The Labute approximate surface area is 248 Å². The van der Waals surface area contributed by atoms with E-state index in [2.05, 4.69) is 6.92 Å². The van der Waals surface area contributed by atoms with Gasteiger partial charge in [-0.25, -0.2) is 4.79 Å². The van der Waals surface area contributed by atoms with Gasteiger partial charge in [-0.1, -0.05) is 13.8 Å². The van der Waals surface area contributed by atoms with Crippen molar-refractivity contribution in [2.45, 2.75) is 146 Å². The van der Waals surface area contributed by atoms with E-state index in [1.54, 1.807) is 6.08 Å². The summed E-state index contributed by atoms with van der Waals surface area (Å²) in [4.78, 5) is 25.0. The number of ether oxygens (including phenoxy) is 5. The van der Waals surface area contributed by atoms with Crippen molar-refractivity contribution in [3.8, 4) is 0 Å². The zero-order valence-electron chi connectivity index (χ0n) is 25.5. The van der Waals surface area contributed by atoms with Crippen LogP contribution in [0.2, 0.25) is 0 Å². The highest BCUT2D eigenvalue weighted by Crippen LogP contribution is 2.70. The minimum Gasteiger partial charge on any atom is -0.458 e. The van der Waals surface area contributed by atoms with Crippen molar-refractivity contribution in [3.63, 3.8) is 0 Å². The number of rotatable bonds is 5. The maximum absolute atomic E-state index is 13.1. The lowest BCUT2D eigenvalue weighted by molar-refractivity contribution is -0.278. The summed E-state index contributed by atoms with van der Waals surface area (Å²) < 4.78 is 30.4. The third-order valence-corrected chi connectivity index (χ3v) is 13.2. The average molecular weight is 589 g/mol. The molecule has 2 saturated heterocycles. The summed E-state index contributed by atoms with van der Waals surface area (Å²) in [5, 5.41) is 24.7. The standard InChI is InChI=1S/C33H48O9/c1-5-30(4)41-25-15-27(39-19(2)28(25)42-30)40-21-6-11-31(18-34)23-7-10-29(3)22(20-14-26(35)38-17-20)9-13-33(29,37)24(23)8-12-32(31,36)16-21/h14,18-19,21-25,27-28,36-37H,5-13,15-17H2,1-4H3/t19?,21-,22+,23-,24+,25?,27?,28?,29+,30?,31-,32-,33-/m0/s1. The van der Waals surface area contributed by atoms with Gasteiger partial charge in [0.1, 0.15) is 19.0 Å². The van der Waals surface area contributed by atoms with Crippen LogP contribution in [0, 0.1) is 28.6 Å². The van der Waals surface area contributed by atoms with Gasteiger partial charge < -0.3 is 38.7 Å². The summed E-state index contributed by atoms with van der Waals surface area (Å²) >= 11 is 0. The normalized spacial score (nSPS) is 55.2. The molecule has 9 nitrogen and oxygen atoms in total. The molecule has 4 aliphatic carbocycles. The van der Waals surface area contributed by atoms with Crippen LogP contribution in [-0.4, -0.2) is 76.8 Å². The van der Waals surface area contributed by atoms with Crippen LogP contribution in [0.4, 0.5) is 0 Å². The second kappa shape index (κ2) is 9.82. The SMILES string of the molecule is CCC1(C)OC2CC(O[C@H]3CC[C@]4(C=O)[C@H]5CC[C@]6(C)[C@@H](C7=CC(=O)OC7)CC[C@]6(O)[C@@H]5CC[C@]4(O)C3)OC(C)C2O1. The molecule has 6 fully saturated rings. The molecule has 0 spiro atoms. The molecule has 0 amide bonds. The van der Waals surface area contributed by atoms with Gasteiger partial charge in [-0.05, 0) is 95.0 Å². The van der Waals surface area contributed by atoms with Crippen LogP contribution in [0.5, 0.6) is 0 Å². The Kier molecular flexibility index (Phi) is 6.86. The van der Waals surface area contributed by atoms with Crippen LogP contribution in [0.1, 0.15) is 98.3 Å². The molecule has 3 aliphatic heterocycles. The fourth-order valence-corrected chi connectivity index (χ4v) is 10.8. The van der Waals surface area contributed by atoms with E-state index in [1.165, 1.54) is 0 Å². The molecule has 7 aliphatic rings. The lowest BCUT2D eigenvalue weighted by Crippen LogP contribution is -2.69. The first-order valence-electron chi connectivity index (χ1n) is 16.3. The molecule has 9 heteroatoms. The quantitative estimate of drug-likeness (QED) is 0.279. The second-order valence-electron chi connectivity index (χ2n) is 15.0. The lowest BCUT2D eigenvalue weighted by atomic mass is 9.41. The van der Waals surface area contributed by atoms with Gasteiger partial charge in [0, 0.05) is 24.3 Å². The molecule has 234 valence electrons.